The van der Waals surface area contributed by atoms with Gasteiger partial charge in [-0.2, -0.15) is 0 Å². The van der Waals surface area contributed by atoms with E-state index in [0.717, 1.165) is 47.9 Å². The van der Waals surface area contributed by atoms with Crippen molar-refractivity contribution in [3.63, 3.8) is 0 Å². The maximum atomic E-state index is 13.7. The van der Waals surface area contributed by atoms with Gasteiger partial charge in [-0.3, -0.25) is 14.4 Å². The van der Waals surface area contributed by atoms with Crippen molar-refractivity contribution in [2.45, 2.75) is 57.9 Å². The zero-order chi connectivity index (χ0) is 29.5. The van der Waals surface area contributed by atoms with Crippen molar-refractivity contribution < 1.29 is 24.2 Å². The molecule has 8 heteroatoms. The van der Waals surface area contributed by atoms with E-state index in [1.165, 1.54) is 5.01 Å². The molecule has 0 bridgehead atoms. The molecule has 1 saturated carbocycles. The zero-order valence-corrected chi connectivity index (χ0v) is 23.9. The number of rotatable bonds is 11. The maximum Gasteiger partial charge on any atom is 0.306 e. The van der Waals surface area contributed by atoms with Crippen LogP contribution in [0.4, 0.5) is 5.69 Å². The predicted molar refractivity (Wildman–Crippen MR) is 161 cm³/mol. The van der Waals surface area contributed by atoms with Crippen LogP contribution in [-0.2, 0) is 32.1 Å². The second-order valence-electron chi connectivity index (χ2n) is 11.1. The molecule has 218 valence electrons. The molecule has 42 heavy (non-hydrogen) atoms. The SMILES string of the molecule is CCC(Cc1cccc(NC(=O)C(c2ccc(CN3N=C(c4ccccc4)OCC3=O)cc2)C2CCCC2)c1)C(=O)O. The lowest BCUT2D eigenvalue weighted by Gasteiger charge is -2.25. The largest absolute Gasteiger partial charge is 0.481 e. The highest BCUT2D eigenvalue weighted by molar-refractivity contribution is 5.98. The lowest BCUT2D eigenvalue weighted by Crippen LogP contribution is -2.36. The standard InChI is InChI=1S/C34H37N3O5/c1-2-25(34(40)41)19-24-9-8-14-29(20-24)35-32(39)31(26-10-6-7-11-26)27-17-15-23(16-18-27)21-37-30(38)22-42-33(36-37)28-12-4-3-5-13-28/h3-5,8-9,12-18,20,25-26,31H,2,6-7,10-11,19,21-22H2,1H3,(H,35,39)(H,40,41). The number of hydrazone groups is 1. The maximum absolute atomic E-state index is 13.7. The van der Waals surface area contributed by atoms with Crippen molar-refractivity contribution in [1.82, 2.24) is 5.01 Å². The summed E-state index contributed by atoms with van der Waals surface area (Å²) >= 11 is 0. The number of aliphatic carboxylic acids is 1. The molecule has 0 aromatic heterocycles. The van der Waals surface area contributed by atoms with Gasteiger partial charge >= 0.3 is 5.97 Å². The van der Waals surface area contributed by atoms with Gasteiger partial charge in [-0.05, 0) is 72.6 Å². The summed E-state index contributed by atoms with van der Waals surface area (Å²) in [4.78, 5) is 37.8. The summed E-state index contributed by atoms with van der Waals surface area (Å²) < 4.78 is 5.56. The van der Waals surface area contributed by atoms with Crippen molar-refractivity contribution in [2.75, 3.05) is 11.9 Å². The third-order valence-electron chi connectivity index (χ3n) is 8.20. The summed E-state index contributed by atoms with van der Waals surface area (Å²) in [5.41, 5.74) is 4.23. The van der Waals surface area contributed by atoms with Crippen LogP contribution in [0, 0.1) is 11.8 Å². The molecule has 1 aliphatic heterocycles. The van der Waals surface area contributed by atoms with E-state index >= 15 is 0 Å². The van der Waals surface area contributed by atoms with Gasteiger partial charge in [0, 0.05) is 11.3 Å². The molecule has 2 aliphatic rings. The fraction of sp³-hybridized carbons (Fsp3) is 0.353. The first-order valence-electron chi connectivity index (χ1n) is 14.7. The highest BCUT2D eigenvalue weighted by Gasteiger charge is 2.32. The van der Waals surface area contributed by atoms with Crippen molar-refractivity contribution >= 4 is 29.4 Å². The Labute approximate surface area is 246 Å². The molecule has 2 atom stereocenters. The number of carboxylic acids is 1. The van der Waals surface area contributed by atoms with Gasteiger partial charge in [-0.15, -0.1) is 5.10 Å². The van der Waals surface area contributed by atoms with Crippen LogP contribution in [0.1, 0.15) is 67.2 Å². The molecule has 5 rings (SSSR count). The van der Waals surface area contributed by atoms with Crippen LogP contribution in [0.3, 0.4) is 0 Å². The molecular weight excluding hydrogens is 530 g/mol. The van der Waals surface area contributed by atoms with Crippen molar-refractivity contribution in [2.24, 2.45) is 16.9 Å². The van der Waals surface area contributed by atoms with E-state index in [2.05, 4.69) is 10.4 Å². The fourth-order valence-corrected chi connectivity index (χ4v) is 5.86. The monoisotopic (exact) mass is 567 g/mol. The van der Waals surface area contributed by atoms with Gasteiger partial charge in [0.25, 0.3) is 5.91 Å². The molecule has 1 heterocycles. The summed E-state index contributed by atoms with van der Waals surface area (Å²) in [6.07, 6.45) is 5.18. The minimum atomic E-state index is -0.807. The van der Waals surface area contributed by atoms with Crippen LogP contribution >= 0.6 is 0 Å². The van der Waals surface area contributed by atoms with Crippen LogP contribution in [0.2, 0.25) is 0 Å². The number of carboxylic acid groups (broad SMARTS) is 1. The molecule has 1 aliphatic carbocycles. The number of carbonyl (C=O) groups excluding carboxylic acids is 2. The predicted octanol–water partition coefficient (Wildman–Crippen LogP) is 5.97. The van der Waals surface area contributed by atoms with E-state index in [1.807, 2.05) is 85.8 Å². The quantitative estimate of drug-likeness (QED) is 0.297. The Balaban J connectivity index is 1.31. The number of hydrogen-bond donors (Lipinski definition) is 2. The third-order valence-corrected chi connectivity index (χ3v) is 8.20. The summed E-state index contributed by atoms with van der Waals surface area (Å²) in [5, 5.41) is 18.4. The van der Waals surface area contributed by atoms with E-state index in [9.17, 15) is 19.5 Å². The topological polar surface area (TPSA) is 108 Å². The highest BCUT2D eigenvalue weighted by atomic mass is 16.5. The molecule has 2 amide bonds. The van der Waals surface area contributed by atoms with Gasteiger partial charge in [0.1, 0.15) is 0 Å². The van der Waals surface area contributed by atoms with E-state index in [4.69, 9.17) is 4.74 Å². The summed E-state index contributed by atoms with van der Waals surface area (Å²) in [6.45, 7) is 2.11. The van der Waals surface area contributed by atoms with Gasteiger partial charge in [-0.1, -0.05) is 74.4 Å². The molecule has 0 radical (unpaired) electrons. The van der Waals surface area contributed by atoms with Gasteiger partial charge in [-0.25, -0.2) is 5.01 Å². The zero-order valence-electron chi connectivity index (χ0n) is 23.9. The second kappa shape index (κ2) is 13.5. The number of benzene rings is 3. The Morgan fingerprint density at radius 3 is 2.43 bits per heavy atom. The summed E-state index contributed by atoms with van der Waals surface area (Å²) in [7, 11) is 0. The molecule has 8 nitrogen and oxygen atoms in total. The van der Waals surface area contributed by atoms with Crippen LogP contribution in [-0.4, -0.2) is 40.4 Å². The molecule has 2 unspecified atom stereocenters. The first-order chi connectivity index (χ1) is 20.4. The average molecular weight is 568 g/mol. The number of nitrogens with zero attached hydrogens (tertiary/aromatic N) is 2. The fourth-order valence-electron chi connectivity index (χ4n) is 5.86. The average Bonchev–Trinajstić information content (AvgIpc) is 3.53. The Kier molecular flexibility index (Phi) is 9.31. The summed E-state index contributed by atoms with van der Waals surface area (Å²) in [5.74, 6) is -1.17. The number of ether oxygens (including phenoxy) is 1. The molecule has 0 saturated heterocycles. The van der Waals surface area contributed by atoms with Crippen molar-refractivity contribution in [3.05, 3.63) is 101 Å². The Morgan fingerprint density at radius 2 is 1.74 bits per heavy atom. The molecule has 2 N–H and O–H groups in total. The minimum absolute atomic E-state index is 0.0578. The van der Waals surface area contributed by atoms with Crippen LogP contribution in [0.15, 0.2) is 84.0 Å². The highest BCUT2D eigenvalue weighted by Crippen LogP contribution is 2.38. The minimum Gasteiger partial charge on any atom is -0.481 e. The number of nitrogens with one attached hydrogen (secondary N) is 1. The van der Waals surface area contributed by atoms with Crippen molar-refractivity contribution in [3.8, 4) is 0 Å². The molecule has 3 aromatic rings. The van der Waals surface area contributed by atoms with Gasteiger partial charge in [0.15, 0.2) is 6.61 Å². The normalized spacial score (nSPS) is 16.8. The number of amides is 2. The van der Waals surface area contributed by atoms with Gasteiger partial charge < -0.3 is 15.2 Å². The molecule has 3 aromatic carbocycles. The van der Waals surface area contributed by atoms with Crippen LogP contribution in [0.5, 0.6) is 0 Å². The molecule has 1 fully saturated rings. The van der Waals surface area contributed by atoms with E-state index in [-0.39, 0.29) is 30.3 Å². The van der Waals surface area contributed by atoms with Crippen molar-refractivity contribution in [1.29, 1.82) is 0 Å². The lowest BCUT2D eigenvalue weighted by atomic mass is 9.83. The Hall–Kier alpha value is -4.46. The number of anilines is 1. The van der Waals surface area contributed by atoms with Crippen LogP contribution < -0.4 is 5.32 Å². The number of hydrogen-bond acceptors (Lipinski definition) is 5. The molecule has 0 spiro atoms. The first-order valence-corrected chi connectivity index (χ1v) is 14.7. The summed E-state index contributed by atoms with van der Waals surface area (Å²) in [6, 6.07) is 24.9. The Morgan fingerprint density at radius 1 is 1.00 bits per heavy atom. The first kappa shape index (κ1) is 29.0. The Bertz CT molecular complexity index is 1430. The molecular formula is C34H37N3O5. The second-order valence-corrected chi connectivity index (χ2v) is 11.1. The van der Waals surface area contributed by atoms with Gasteiger partial charge in [0.05, 0.1) is 18.4 Å². The number of carbonyl (C=O) groups is 3. The van der Waals surface area contributed by atoms with Crippen LogP contribution in [0.25, 0.3) is 0 Å². The van der Waals surface area contributed by atoms with Gasteiger partial charge in [0.2, 0.25) is 11.8 Å². The van der Waals surface area contributed by atoms with E-state index < -0.39 is 11.9 Å². The third kappa shape index (κ3) is 7.05. The lowest BCUT2D eigenvalue weighted by molar-refractivity contribution is -0.141. The van der Waals surface area contributed by atoms with E-state index in [1.54, 1.807) is 0 Å². The van der Waals surface area contributed by atoms with E-state index in [0.29, 0.717) is 31.0 Å². The smallest absolute Gasteiger partial charge is 0.306 e.